The number of aryl methyl sites for hydroxylation is 1. The van der Waals surface area contributed by atoms with E-state index in [1.807, 2.05) is 44.7 Å². The Balaban J connectivity index is 1.17. The van der Waals surface area contributed by atoms with Crippen LogP contribution in [0.2, 0.25) is 0 Å². The van der Waals surface area contributed by atoms with Crippen LogP contribution in [0, 0.1) is 31.5 Å². The number of hydrogen-bond acceptors (Lipinski definition) is 7. The molecule has 1 aromatic carbocycles. The molecule has 10 heteroatoms. The Labute approximate surface area is 225 Å². The number of piperidine rings is 1. The summed E-state index contributed by atoms with van der Waals surface area (Å²) in [5.74, 6) is 1.03. The molecule has 2 aliphatic rings. The number of pyridine rings is 1. The van der Waals surface area contributed by atoms with E-state index in [2.05, 4.69) is 15.1 Å². The maximum atomic E-state index is 13.5. The number of carbonyl (C=O) groups is 1. The second-order valence-electron chi connectivity index (χ2n) is 10.9. The van der Waals surface area contributed by atoms with Gasteiger partial charge in [0.2, 0.25) is 5.88 Å². The molecule has 1 saturated carbocycles. The number of benzene rings is 1. The second kappa shape index (κ2) is 9.23. The molecule has 4 heterocycles. The summed E-state index contributed by atoms with van der Waals surface area (Å²) < 4.78 is 21.4. The van der Waals surface area contributed by atoms with Crippen LogP contribution in [0.3, 0.4) is 0 Å². The first-order chi connectivity index (χ1) is 18.6. The zero-order valence-corrected chi connectivity index (χ0v) is 22.3. The molecule has 2 fully saturated rings. The third kappa shape index (κ3) is 4.65. The second-order valence-corrected chi connectivity index (χ2v) is 10.9. The van der Waals surface area contributed by atoms with E-state index in [9.17, 15) is 9.18 Å². The molecule has 1 amide bonds. The highest BCUT2D eigenvalue weighted by molar-refractivity contribution is 5.96. The number of ether oxygens (including phenoxy) is 1. The molecule has 1 aliphatic heterocycles. The van der Waals surface area contributed by atoms with Gasteiger partial charge in [0.1, 0.15) is 11.9 Å². The zero-order chi connectivity index (χ0) is 27.5. The number of nitrogens with zero attached hydrogens (tertiary/aromatic N) is 6. The molecule has 1 aliphatic carbocycles. The Hall–Kier alpha value is -4.18. The lowest BCUT2D eigenvalue weighted by Crippen LogP contribution is -2.34. The molecule has 4 aromatic rings. The molecule has 39 heavy (non-hydrogen) atoms. The number of carbonyl (C=O) groups excluding carboxylic acids is 1. The van der Waals surface area contributed by atoms with E-state index >= 15 is 0 Å². The van der Waals surface area contributed by atoms with Crippen molar-refractivity contribution in [2.24, 2.45) is 17.6 Å². The first-order valence-electron chi connectivity index (χ1n) is 13.0. The van der Waals surface area contributed by atoms with Gasteiger partial charge in [0.15, 0.2) is 0 Å². The number of likely N-dealkylation sites (tertiary alicyclic amines) is 1. The fraction of sp³-hybridized carbons (Fsp3) is 0.345. The Morgan fingerprint density at radius 2 is 1.74 bits per heavy atom. The lowest BCUT2D eigenvalue weighted by atomic mass is 9.95. The van der Waals surface area contributed by atoms with E-state index < -0.39 is 5.54 Å². The van der Waals surface area contributed by atoms with Crippen LogP contribution >= 0.6 is 0 Å². The van der Waals surface area contributed by atoms with Gasteiger partial charge in [-0.3, -0.25) is 4.79 Å². The molecule has 0 bridgehead atoms. The molecular formula is C29H30FN7O2. The molecule has 0 radical (unpaired) electrons. The summed E-state index contributed by atoms with van der Waals surface area (Å²) in [4.78, 5) is 28.6. The van der Waals surface area contributed by atoms with Gasteiger partial charge >= 0.3 is 0 Å². The fourth-order valence-electron chi connectivity index (χ4n) is 5.36. The minimum absolute atomic E-state index is 0.0265. The minimum Gasteiger partial charge on any atom is -0.474 e. The van der Waals surface area contributed by atoms with Crippen LogP contribution in [-0.4, -0.2) is 54.7 Å². The van der Waals surface area contributed by atoms with E-state index in [1.165, 1.54) is 12.1 Å². The number of aromatic nitrogens is 5. The van der Waals surface area contributed by atoms with Crippen molar-refractivity contribution < 1.29 is 13.9 Å². The molecule has 9 nitrogen and oxygen atoms in total. The monoisotopic (exact) mass is 527 g/mol. The molecule has 6 rings (SSSR count). The Morgan fingerprint density at radius 3 is 2.38 bits per heavy atom. The summed E-state index contributed by atoms with van der Waals surface area (Å²) in [7, 11) is 0. The summed E-state index contributed by atoms with van der Waals surface area (Å²) in [5, 5.41) is 4.52. The van der Waals surface area contributed by atoms with Crippen molar-refractivity contribution in [1.29, 1.82) is 0 Å². The Morgan fingerprint density at radius 1 is 1.08 bits per heavy atom. The van der Waals surface area contributed by atoms with Crippen molar-refractivity contribution in [2.45, 2.75) is 39.3 Å². The number of amides is 1. The topological polar surface area (TPSA) is 112 Å². The SMILES string of the molecule is Cc1nn(-c2ncccn2)c(C)c1C(=O)N1CC2C(C1)C2Oc1cc(C(C)(C)N)cc(-c2ccc(F)cc2)n1. The average molecular weight is 528 g/mol. The Kier molecular flexibility index (Phi) is 5.95. The van der Waals surface area contributed by atoms with Gasteiger partial charge in [-0.05, 0) is 69.7 Å². The summed E-state index contributed by atoms with van der Waals surface area (Å²) in [6.45, 7) is 8.75. The van der Waals surface area contributed by atoms with Crippen molar-refractivity contribution in [3.05, 3.63) is 83.2 Å². The van der Waals surface area contributed by atoms with Gasteiger partial charge in [-0.2, -0.15) is 5.10 Å². The lowest BCUT2D eigenvalue weighted by Gasteiger charge is -2.22. The van der Waals surface area contributed by atoms with Gasteiger partial charge in [0, 0.05) is 54.5 Å². The minimum atomic E-state index is -0.608. The van der Waals surface area contributed by atoms with Crippen LogP contribution in [0.1, 0.15) is 41.2 Å². The van der Waals surface area contributed by atoms with Crippen LogP contribution in [0.25, 0.3) is 17.2 Å². The maximum absolute atomic E-state index is 13.5. The number of hydrogen-bond donors (Lipinski definition) is 1. The smallest absolute Gasteiger partial charge is 0.257 e. The Bertz CT molecular complexity index is 1530. The van der Waals surface area contributed by atoms with Crippen LogP contribution in [-0.2, 0) is 5.54 Å². The molecule has 3 aromatic heterocycles. The first kappa shape index (κ1) is 25.1. The first-order valence-corrected chi connectivity index (χ1v) is 13.0. The van der Waals surface area contributed by atoms with Gasteiger partial charge in [0.05, 0.1) is 22.6 Å². The van der Waals surface area contributed by atoms with E-state index in [0.717, 1.165) is 16.8 Å². The summed E-state index contributed by atoms with van der Waals surface area (Å²) in [5.41, 5.74) is 10.1. The van der Waals surface area contributed by atoms with Crippen LogP contribution in [0.4, 0.5) is 4.39 Å². The van der Waals surface area contributed by atoms with E-state index in [4.69, 9.17) is 15.5 Å². The molecule has 2 atom stereocenters. The van der Waals surface area contributed by atoms with Gasteiger partial charge in [0.25, 0.3) is 11.9 Å². The number of fused-ring (bicyclic) bond motifs is 1. The van der Waals surface area contributed by atoms with Crippen molar-refractivity contribution in [1.82, 2.24) is 29.6 Å². The lowest BCUT2D eigenvalue weighted by molar-refractivity contribution is 0.0750. The fourth-order valence-corrected chi connectivity index (χ4v) is 5.36. The highest BCUT2D eigenvalue weighted by Crippen LogP contribution is 2.48. The van der Waals surface area contributed by atoms with Crippen LogP contribution in [0.15, 0.2) is 54.9 Å². The predicted octanol–water partition coefficient (Wildman–Crippen LogP) is 3.82. The van der Waals surface area contributed by atoms with Gasteiger partial charge in [-0.25, -0.2) is 24.0 Å². The number of halogens is 1. The van der Waals surface area contributed by atoms with Crippen LogP contribution in [0.5, 0.6) is 5.88 Å². The summed E-state index contributed by atoms with van der Waals surface area (Å²) in [6.07, 6.45) is 3.27. The number of nitrogens with two attached hydrogens (primary N) is 1. The molecule has 200 valence electrons. The normalized spacial score (nSPS) is 20.2. The predicted molar refractivity (Wildman–Crippen MR) is 143 cm³/mol. The molecule has 2 N–H and O–H groups in total. The summed E-state index contributed by atoms with van der Waals surface area (Å²) in [6, 6.07) is 11.7. The largest absolute Gasteiger partial charge is 0.474 e. The molecule has 0 spiro atoms. The van der Waals surface area contributed by atoms with Gasteiger partial charge in [-0.1, -0.05) is 0 Å². The quantitative estimate of drug-likeness (QED) is 0.406. The zero-order valence-electron chi connectivity index (χ0n) is 22.3. The van der Waals surface area contributed by atoms with Crippen molar-refractivity contribution in [3.8, 4) is 23.1 Å². The van der Waals surface area contributed by atoms with E-state index in [0.29, 0.717) is 41.9 Å². The third-order valence-electron chi connectivity index (χ3n) is 7.59. The van der Waals surface area contributed by atoms with Gasteiger partial charge in [-0.15, -0.1) is 0 Å². The number of rotatable bonds is 6. The van der Waals surface area contributed by atoms with Crippen molar-refractivity contribution in [2.75, 3.05) is 13.1 Å². The maximum Gasteiger partial charge on any atom is 0.257 e. The highest BCUT2D eigenvalue weighted by atomic mass is 19.1. The standard InChI is InChI=1S/C29H30FN7O2/c1-16-25(17(2)37(35-16)28-32-10-5-11-33-28)27(38)36-14-21-22(15-36)26(21)39-24-13-19(29(3,4)31)12-23(34-24)18-6-8-20(30)9-7-18/h5-13,21-22,26H,14-15,31H2,1-4H3. The average Bonchev–Trinajstić information content (AvgIpc) is 3.22. The van der Waals surface area contributed by atoms with E-state index in [1.54, 1.807) is 35.3 Å². The highest BCUT2D eigenvalue weighted by Gasteiger charge is 2.59. The molecule has 1 saturated heterocycles. The van der Waals surface area contributed by atoms with E-state index in [-0.39, 0.29) is 29.7 Å². The van der Waals surface area contributed by atoms with Gasteiger partial charge < -0.3 is 15.4 Å². The third-order valence-corrected chi connectivity index (χ3v) is 7.59. The summed E-state index contributed by atoms with van der Waals surface area (Å²) >= 11 is 0. The van der Waals surface area contributed by atoms with Crippen LogP contribution < -0.4 is 10.5 Å². The molecular weight excluding hydrogens is 497 g/mol. The van der Waals surface area contributed by atoms with Crippen molar-refractivity contribution in [3.63, 3.8) is 0 Å². The molecule has 2 unspecified atom stereocenters. The van der Waals surface area contributed by atoms with Crippen molar-refractivity contribution >= 4 is 5.91 Å².